The summed E-state index contributed by atoms with van der Waals surface area (Å²) in [6.07, 6.45) is 3.57. The minimum atomic E-state index is 1.07. The first-order chi connectivity index (χ1) is 8.90. The molecule has 0 N–H and O–H groups in total. The number of unbranched alkanes of at least 4 members (excludes halogenated alkanes) is 1. The van der Waals surface area contributed by atoms with Crippen LogP contribution in [-0.2, 0) is 6.42 Å². The molecular weight excluding hydrogens is 216 g/mol. The third-order valence-electron chi connectivity index (χ3n) is 2.93. The number of hydrogen-bond acceptors (Lipinski definition) is 0. The van der Waals surface area contributed by atoms with Gasteiger partial charge in [-0.1, -0.05) is 61.6 Å². The fourth-order valence-electron chi connectivity index (χ4n) is 1.89. The van der Waals surface area contributed by atoms with Crippen molar-refractivity contribution in [3.63, 3.8) is 0 Å². The molecule has 0 saturated heterocycles. The molecule has 0 fully saturated rings. The van der Waals surface area contributed by atoms with Gasteiger partial charge in [-0.2, -0.15) is 0 Å². The summed E-state index contributed by atoms with van der Waals surface area (Å²) in [6, 6.07) is 18.6. The first kappa shape index (κ1) is 12.5. The molecule has 2 rings (SSSR count). The normalized spacial score (nSPS) is 9.61. The molecule has 0 aliphatic carbocycles. The van der Waals surface area contributed by atoms with E-state index in [1.807, 2.05) is 30.3 Å². The predicted molar refractivity (Wildman–Crippen MR) is 77.5 cm³/mol. The average molecular weight is 234 g/mol. The molecule has 0 aliphatic rings. The molecule has 0 heteroatoms. The number of rotatable bonds is 3. The van der Waals surface area contributed by atoms with Crippen LogP contribution in [0, 0.1) is 11.8 Å². The third kappa shape index (κ3) is 3.50. The Labute approximate surface area is 110 Å². The van der Waals surface area contributed by atoms with Crippen LogP contribution in [0.2, 0.25) is 0 Å². The van der Waals surface area contributed by atoms with Gasteiger partial charge in [0.2, 0.25) is 0 Å². The topological polar surface area (TPSA) is 0 Å². The summed E-state index contributed by atoms with van der Waals surface area (Å²) < 4.78 is 0. The number of hydrogen-bond donors (Lipinski definition) is 0. The van der Waals surface area contributed by atoms with Gasteiger partial charge < -0.3 is 0 Å². The molecule has 0 aromatic heterocycles. The Morgan fingerprint density at radius 3 is 2.33 bits per heavy atom. The highest BCUT2D eigenvalue weighted by Crippen LogP contribution is 2.11. The Balaban J connectivity index is 2.21. The zero-order valence-electron chi connectivity index (χ0n) is 10.8. The van der Waals surface area contributed by atoms with E-state index in [4.69, 9.17) is 0 Å². The van der Waals surface area contributed by atoms with Gasteiger partial charge in [0, 0.05) is 11.1 Å². The fraction of sp³-hybridized carbons (Fsp3) is 0.222. The molecule has 18 heavy (non-hydrogen) atoms. The summed E-state index contributed by atoms with van der Waals surface area (Å²) in [4.78, 5) is 0. The highest BCUT2D eigenvalue weighted by Gasteiger charge is 1.97. The van der Waals surface area contributed by atoms with Crippen molar-refractivity contribution in [1.82, 2.24) is 0 Å². The summed E-state index contributed by atoms with van der Waals surface area (Å²) in [5, 5.41) is 0. The second-order valence-corrected chi connectivity index (χ2v) is 4.38. The summed E-state index contributed by atoms with van der Waals surface area (Å²) in [5.74, 6) is 6.52. The molecule has 0 bridgehead atoms. The predicted octanol–water partition coefficient (Wildman–Crippen LogP) is 4.43. The van der Waals surface area contributed by atoms with Crippen LogP contribution >= 0.6 is 0 Å². The van der Waals surface area contributed by atoms with Crippen molar-refractivity contribution in [3.8, 4) is 11.8 Å². The highest BCUT2D eigenvalue weighted by molar-refractivity contribution is 5.46. The van der Waals surface area contributed by atoms with Crippen LogP contribution in [0.4, 0.5) is 0 Å². The van der Waals surface area contributed by atoms with E-state index in [0.29, 0.717) is 0 Å². The summed E-state index contributed by atoms with van der Waals surface area (Å²) >= 11 is 0. The SMILES string of the molecule is CCCCc1ccccc1C#Cc1ccccc1. The van der Waals surface area contributed by atoms with Gasteiger partial charge in [0.05, 0.1) is 0 Å². The average Bonchev–Trinajstić information content (AvgIpc) is 2.45. The maximum absolute atomic E-state index is 3.29. The van der Waals surface area contributed by atoms with Crippen molar-refractivity contribution in [2.24, 2.45) is 0 Å². The molecular formula is C18H18. The lowest BCUT2D eigenvalue weighted by molar-refractivity contribution is 0.794. The zero-order valence-corrected chi connectivity index (χ0v) is 10.8. The lowest BCUT2D eigenvalue weighted by atomic mass is 10.0. The number of aryl methyl sites for hydroxylation is 1. The monoisotopic (exact) mass is 234 g/mol. The van der Waals surface area contributed by atoms with Crippen molar-refractivity contribution in [2.75, 3.05) is 0 Å². The van der Waals surface area contributed by atoms with Crippen molar-refractivity contribution in [3.05, 3.63) is 71.3 Å². The molecule has 0 radical (unpaired) electrons. The summed E-state index contributed by atoms with van der Waals surface area (Å²) in [7, 11) is 0. The van der Waals surface area contributed by atoms with E-state index in [1.54, 1.807) is 0 Å². The third-order valence-corrected chi connectivity index (χ3v) is 2.93. The van der Waals surface area contributed by atoms with Crippen molar-refractivity contribution >= 4 is 0 Å². The Hall–Kier alpha value is -2.00. The molecule has 0 aliphatic heterocycles. The van der Waals surface area contributed by atoms with Gasteiger partial charge in [0.25, 0.3) is 0 Å². The number of benzene rings is 2. The Kier molecular flexibility index (Phi) is 4.61. The maximum atomic E-state index is 3.29. The Morgan fingerprint density at radius 1 is 0.833 bits per heavy atom. The van der Waals surface area contributed by atoms with Crippen LogP contribution in [0.5, 0.6) is 0 Å². The van der Waals surface area contributed by atoms with Crippen LogP contribution in [0.25, 0.3) is 0 Å². The molecule has 0 heterocycles. The Bertz CT molecular complexity index is 541. The molecule has 2 aromatic rings. The van der Waals surface area contributed by atoms with E-state index in [9.17, 15) is 0 Å². The minimum Gasteiger partial charge on any atom is -0.0654 e. The standard InChI is InChI=1S/C18H18/c1-2-3-11-17-12-7-8-13-18(17)15-14-16-9-5-4-6-10-16/h4-10,12-13H,2-3,11H2,1H3. The summed E-state index contributed by atoms with van der Waals surface area (Å²) in [5.41, 5.74) is 3.60. The van der Waals surface area contributed by atoms with E-state index < -0.39 is 0 Å². The fourth-order valence-corrected chi connectivity index (χ4v) is 1.89. The highest BCUT2D eigenvalue weighted by atomic mass is 14.0. The second-order valence-electron chi connectivity index (χ2n) is 4.38. The van der Waals surface area contributed by atoms with Crippen molar-refractivity contribution < 1.29 is 0 Å². The van der Waals surface area contributed by atoms with Crippen LogP contribution < -0.4 is 0 Å². The molecule has 0 amide bonds. The van der Waals surface area contributed by atoms with E-state index in [1.165, 1.54) is 18.4 Å². The molecule has 0 saturated carbocycles. The maximum Gasteiger partial charge on any atom is 0.0281 e. The Morgan fingerprint density at radius 2 is 1.56 bits per heavy atom. The van der Waals surface area contributed by atoms with E-state index >= 15 is 0 Å². The lowest BCUT2D eigenvalue weighted by Gasteiger charge is -2.02. The van der Waals surface area contributed by atoms with Gasteiger partial charge >= 0.3 is 0 Å². The van der Waals surface area contributed by atoms with Gasteiger partial charge in [-0.15, -0.1) is 0 Å². The van der Waals surface area contributed by atoms with Crippen LogP contribution in [-0.4, -0.2) is 0 Å². The second kappa shape index (κ2) is 6.67. The lowest BCUT2D eigenvalue weighted by Crippen LogP contribution is -1.89. The van der Waals surface area contributed by atoms with Crippen molar-refractivity contribution in [1.29, 1.82) is 0 Å². The van der Waals surface area contributed by atoms with Crippen LogP contribution in [0.3, 0.4) is 0 Å². The quantitative estimate of drug-likeness (QED) is 0.689. The largest absolute Gasteiger partial charge is 0.0654 e. The van der Waals surface area contributed by atoms with Gasteiger partial charge in [-0.05, 0) is 36.6 Å². The van der Waals surface area contributed by atoms with E-state index in [2.05, 4.69) is 43.0 Å². The first-order valence-corrected chi connectivity index (χ1v) is 6.55. The van der Waals surface area contributed by atoms with Crippen molar-refractivity contribution in [2.45, 2.75) is 26.2 Å². The van der Waals surface area contributed by atoms with Gasteiger partial charge in [-0.3, -0.25) is 0 Å². The van der Waals surface area contributed by atoms with Gasteiger partial charge in [0.1, 0.15) is 0 Å². The molecule has 2 aromatic carbocycles. The molecule has 0 spiro atoms. The zero-order chi connectivity index (χ0) is 12.6. The minimum absolute atomic E-state index is 1.07. The molecule has 90 valence electrons. The van der Waals surface area contributed by atoms with Crippen LogP contribution in [0.15, 0.2) is 54.6 Å². The van der Waals surface area contributed by atoms with E-state index in [-0.39, 0.29) is 0 Å². The van der Waals surface area contributed by atoms with Gasteiger partial charge in [-0.25, -0.2) is 0 Å². The van der Waals surface area contributed by atoms with Gasteiger partial charge in [0.15, 0.2) is 0 Å². The molecule has 0 unspecified atom stereocenters. The summed E-state index contributed by atoms with van der Waals surface area (Å²) in [6.45, 7) is 2.22. The molecule has 0 atom stereocenters. The van der Waals surface area contributed by atoms with Crippen LogP contribution in [0.1, 0.15) is 36.5 Å². The molecule has 0 nitrogen and oxygen atoms in total. The van der Waals surface area contributed by atoms with E-state index in [0.717, 1.165) is 17.5 Å². The smallest absolute Gasteiger partial charge is 0.0281 e. The first-order valence-electron chi connectivity index (χ1n) is 6.55.